The standard InChI is InChI=1S/C20H22FN5O/c1-3-14(4-2)26-20-17(11-23-26)15(9-18(27)24-20)16-10-22-25-19(16)12-5-7-13(21)8-6-12/h5-8,10-11,14-15H,3-4,9H2,1-2H3,(H,22,25)(H,24,27)/t15-/m0/s1. The van der Waals surface area contributed by atoms with Crippen molar-refractivity contribution in [3.63, 3.8) is 0 Å². The fraction of sp³-hybridized carbons (Fsp3) is 0.350. The van der Waals surface area contributed by atoms with Gasteiger partial charge in [0.05, 0.1) is 24.1 Å². The second-order valence-corrected chi connectivity index (χ2v) is 6.88. The Hall–Kier alpha value is -2.96. The predicted molar refractivity (Wildman–Crippen MR) is 101 cm³/mol. The molecule has 140 valence electrons. The fourth-order valence-corrected chi connectivity index (χ4v) is 3.83. The lowest BCUT2D eigenvalue weighted by molar-refractivity contribution is -0.116. The summed E-state index contributed by atoms with van der Waals surface area (Å²) >= 11 is 0. The topological polar surface area (TPSA) is 75.6 Å². The normalized spacial score (nSPS) is 16.4. The first kappa shape index (κ1) is 17.5. The van der Waals surface area contributed by atoms with Gasteiger partial charge in [0.2, 0.25) is 5.91 Å². The molecule has 0 fully saturated rings. The van der Waals surface area contributed by atoms with Gasteiger partial charge in [-0.3, -0.25) is 9.89 Å². The largest absolute Gasteiger partial charge is 0.311 e. The number of hydrogen-bond acceptors (Lipinski definition) is 3. The summed E-state index contributed by atoms with van der Waals surface area (Å²) in [6.07, 6.45) is 5.81. The molecule has 7 heteroatoms. The minimum Gasteiger partial charge on any atom is -0.311 e. The van der Waals surface area contributed by atoms with E-state index in [-0.39, 0.29) is 23.7 Å². The summed E-state index contributed by atoms with van der Waals surface area (Å²) < 4.78 is 15.2. The number of H-pyrrole nitrogens is 1. The van der Waals surface area contributed by atoms with Crippen LogP contribution < -0.4 is 5.32 Å². The van der Waals surface area contributed by atoms with Crippen LogP contribution >= 0.6 is 0 Å². The number of nitrogens with one attached hydrogen (secondary N) is 2. The summed E-state index contributed by atoms with van der Waals surface area (Å²) in [6, 6.07) is 6.51. The molecule has 0 saturated carbocycles. The molecule has 1 aliphatic rings. The van der Waals surface area contributed by atoms with Crippen molar-refractivity contribution >= 4 is 11.7 Å². The number of amides is 1. The molecule has 4 rings (SSSR count). The predicted octanol–water partition coefficient (Wildman–Crippen LogP) is 4.25. The smallest absolute Gasteiger partial charge is 0.226 e. The Bertz CT molecular complexity index is 955. The quantitative estimate of drug-likeness (QED) is 0.708. The van der Waals surface area contributed by atoms with Gasteiger partial charge in [0.25, 0.3) is 0 Å². The highest BCUT2D eigenvalue weighted by Crippen LogP contribution is 2.41. The number of hydrogen-bond donors (Lipinski definition) is 2. The van der Waals surface area contributed by atoms with Gasteiger partial charge in [-0.05, 0) is 37.1 Å². The molecule has 2 N–H and O–H groups in total. The zero-order valence-electron chi connectivity index (χ0n) is 15.4. The van der Waals surface area contributed by atoms with Crippen LogP contribution in [-0.4, -0.2) is 25.9 Å². The maximum absolute atomic E-state index is 13.3. The first-order chi connectivity index (χ1) is 13.1. The Morgan fingerprint density at radius 1 is 1.19 bits per heavy atom. The number of carbonyl (C=O) groups excluding carboxylic acids is 1. The number of halogens is 1. The van der Waals surface area contributed by atoms with Crippen molar-refractivity contribution in [2.24, 2.45) is 0 Å². The maximum Gasteiger partial charge on any atom is 0.226 e. The van der Waals surface area contributed by atoms with E-state index in [4.69, 9.17) is 0 Å². The molecule has 6 nitrogen and oxygen atoms in total. The van der Waals surface area contributed by atoms with Crippen molar-refractivity contribution in [2.75, 3.05) is 5.32 Å². The van der Waals surface area contributed by atoms with E-state index in [9.17, 15) is 9.18 Å². The van der Waals surface area contributed by atoms with E-state index in [0.29, 0.717) is 6.42 Å². The van der Waals surface area contributed by atoms with Crippen molar-refractivity contribution < 1.29 is 9.18 Å². The summed E-state index contributed by atoms with van der Waals surface area (Å²) in [5.74, 6) is 0.309. The van der Waals surface area contributed by atoms with Gasteiger partial charge >= 0.3 is 0 Å². The van der Waals surface area contributed by atoms with Gasteiger partial charge in [-0.1, -0.05) is 13.8 Å². The fourth-order valence-electron chi connectivity index (χ4n) is 3.83. The van der Waals surface area contributed by atoms with Crippen LogP contribution in [-0.2, 0) is 4.79 Å². The lowest BCUT2D eigenvalue weighted by Crippen LogP contribution is -2.26. The van der Waals surface area contributed by atoms with Gasteiger partial charge in [-0.25, -0.2) is 9.07 Å². The molecule has 2 aromatic heterocycles. The van der Waals surface area contributed by atoms with E-state index in [0.717, 1.165) is 41.0 Å². The van der Waals surface area contributed by atoms with Crippen LogP contribution in [0.25, 0.3) is 11.3 Å². The molecule has 0 radical (unpaired) electrons. The Balaban J connectivity index is 1.78. The highest BCUT2D eigenvalue weighted by molar-refractivity contribution is 5.94. The van der Waals surface area contributed by atoms with Crippen molar-refractivity contribution in [1.82, 2.24) is 20.0 Å². The third-order valence-corrected chi connectivity index (χ3v) is 5.31. The second kappa shape index (κ2) is 6.98. The molecule has 0 unspecified atom stereocenters. The maximum atomic E-state index is 13.3. The van der Waals surface area contributed by atoms with E-state index in [2.05, 4.69) is 34.5 Å². The molecular weight excluding hydrogens is 345 g/mol. The molecule has 1 aliphatic heterocycles. The average Bonchev–Trinajstić information content (AvgIpc) is 3.31. The molecule has 0 aliphatic carbocycles. The molecule has 3 aromatic rings. The van der Waals surface area contributed by atoms with Gasteiger partial charge in [0, 0.05) is 29.0 Å². The Labute approximate surface area is 156 Å². The van der Waals surface area contributed by atoms with Crippen molar-refractivity contribution in [3.8, 4) is 11.3 Å². The van der Waals surface area contributed by atoms with Gasteiger partial charge in [-0.2, -0.15) is 10.2 Å². The minimum absolute atomic E-state index is 0.0357. The highest BCUT2D eigenvalue weighted by atomic mass is 19.1. The Morgan fingerprint density at radius 3 is 2.63 bits per heavy atom. The third-order valence-electron chi connectivity index (χ3n) is 5.31. The molecule has 1 atom stereocenters. The van der Waals surface area contributed by atoms with Crippen LogP contribution in [0, 0.1) is 5.82 Å². The molecular formula is C20H22FN5O. The zero-order chi connectivity index (χ0) is 19.0. The van der Waals surface area contributed by atoms with Gasteiger partial charge in [0.1, 0.15) is 11.6 Å². The van der Waals surface area contributed by atoms with Crippen LogP contribution in [0.4, 0.5) is 10.2 Å². The number of fused-ring (bicyclic) bond motifs is 1. The number of nitrogens with zero attached hydrogens (tertiary/aromatic N) is 3. The second-order valence-electron chi connectivity index (χ2n) is 6.88. The van der Waals surface area contributed by atoms with Crippen molar-refractivity contribution in [1.29, 1.82) is 0 Å². The van der Waals surface area contributed by atoms with Crippen molar-refractivity contribution in [2.45, 2.75) is 45.1 Å². The average molecular weight is 367 g/mol. The number of benzene rings is 1. The molecule has 27 heavy (non-hydrogen) atoms. The molecule has 0 spiro atoms. The number of anilines is 1. The minimum atomic E-state index is -0.286. The van der Waals surface area contributed by atoms with Crippen molar-refractivity contribution in [3.05, 3.63) is 53.6 Å². The summed E-state index contributed by atoms with van der Waals surface area (Å²) in [5.41, 5.74) is 3.55. The first-order valence-corrected chi connectivity index (χ1v) is 9.28. The van der Waals surface area contributed by atoms with Gasteiger partial charge in [0.15, 0.2) is 0 Å². The third kappa shape index (κ3) is 3.03. The van der Waals surface area contributed by atoms with Gasteiger partial charge in [-0.15, -0.1) is 0 Å². The highest BCUT2D eigenvalue weighted by Gasteiger charge is 2.33. The molecule has 1 aromatic carbocycles. The van der Waals surface area contributed by atoms with Crippen LogP contribution in [0.5, 0.6) is 0 Å². The van der Waals surface area contributed by atoms with E-state index in [1.54, 1.807) is 18.3 Å². The summed E-state index contributed by atoms with van der Waals surface area (Å²) in [4.78, 5) is 12.4. The summed E-state index contributed by atoms with van der Waals surface area (Å²) in [5, 5.41) is 14.8. The molecule has 3 heterocycles. The van der Waals surface area contributed by atoms with Crippen LogP contribution in [0.15, 0.2) is 36.7 Å². The van der Waals surface area contributed by atoms with Crippen LogP contribution in [0.1, 0.15) is 56.2 Å². The zero-order valence-corrected chi connectivity index (χ0v) is 15.4. The Kier molecular flexibility index (Phi) is 4.51. The lowest BCUT2D eigenvalue weighted by atomic mass is 9.86. The summed E-state index contributed by atoms with van der Waals surface area (Å²) in [6.45, 7) is 4.24. The van der Waals surface area contributed by atoms with E-state index < -0.39 is 0 Å². The van der Waals surface area contributed by atoms with E-state index >= 15 is 0 Å². The SMILES string of the molecule is CCC(CC)n1ncc2c1NC(=O)C[C@H]2c1cn[nH]c1-c1ccc(F)cc1. The van der Waals surface area contributed by atoms with Gasteiger partial charge < -0.3 is 5.32 Å². The van der Waals surface area contributed by atoms with Crippen LogP contribution in [0.3, 0.4) is 0 Å². The molecule has 0 bridgehead atoms. The van der Waals surface area contributed by atoms with E-state index in [1.807, 2.05) is 10.9 Å². The molecule has 1 amide bonds. The first-order valence-electron chi connectivity index (χ1n) is 9.28. The summed E-state index contributed by atoms with van der Waals surface area (Å²) in [7, 11) is 0. The number of aromatic amines is 1. The Morgan fingerprint density at radius 2 is 1.93 bits per heavy atom. The van der Waals surface area contributed by atoms with E-state index in [1.165, 1.54) is 12.1 Å². The number of rotatable bonds is 5. The lowest BCUT2D eigenvalue weighted by Gasteiger charge is -2.25. The number of aromatic nitrogens is 4. The number of carbonyl (C=O) groups is 1. The molecule has 0 saturated heterocycles. The monoisotopic (exact) mass is 367 g/mol. The van der Waals surface area contributed by atoms with Crippen LogP contribution in [0.2, 0.25) is 0 Å².